The van der Waals surface area contributed by atoms with Gasteiger partial charge in [0.15, 0.2) is 0 Å². The van der Waals surface area contributed by atoms with Crippen molar-refractivity contribution in [2.45, 2.75) is 17.7 Å². The first-order chi connectivity index (χ1) is 14.8. The lowest BCUT2D eigenvalue weighted by Crippen LogP contribution is -2.43. The van der Waals surface area contributed by atoms with Crippen LogP contribution in [0.4, 0.5) is 5.69 Å². The van der Waals surface area contributed by atoms with Crippen LogP contribution >= 0.6 is 11.6 Å². The van der Waals surface area contributed by atoms with Gasteiger partial charge in [-0.25, -0.2) is 13.2 Å². The fourth-order valence-electron chi connectivity index (χ4n) is 3.38. The van der Waals surface area contributed by atoms with E-state index in [0.29, 0.717) is 36.4 Å². The molecule has 0 saturated carbocycles. The molecule has 1 heterocycles. The van der Waals surface area contributed by atoms with Gasteiger partial charge in [-0.05, 0) is 55.3 Å². The standard InChI is InChI=1S/C21H23ClN2O6S/c1-29-19-10-9-17(12-18(19)22)31(27,28)24-11-3-4-15(13-24)20(25)23-16-7-5-14(6-8-16)21(26)30-2/h5-10,12,15H,3-4,11,13H2,1-2H3,(H,23,25)/t15-/m0/s1. The van der Waals surface area contributed by atoms with Crippen LogP contribution in [0.1, 0.15) is 23.2 Å². The fraction of sp³-hybridized carbons (Fsp3) is 0.333. The van der Waals surface area contributed by atoms with Gasteiger partial charge in [-0.3, -0.25) is 4.79 Å². The van der Waals surface area contributed by atoms with Crippen LogP contribution in [-0.2, 0) is 19.6 Å². The van der Waals surface area contributed by atoms with E-state index in [1.807, 2.05) is 0 Å². The van der Waals surface area contributed by atoms with Crippen LogP contribution in [0.2, 0.25) is 5.02 Å². The van der Waals surface area contributed by atoms with Gasteiger partial charge in [-0.15, -0.1) is 0 Å². The second kappa shape index (κ2) is 9.67. The Kier molecular flexibility index (Phi) is 7.19. The summed E-state index contributed by atoms with van der Waals surface area (Å²) in [6, 6.07) is 10.6. The summed E-state index contributed by atoms with van der Waals surface area (Å²) in [6.45, 7) is 0.391. The van der Waals surface area contributed by atoms with Gasteiger partial charge in [0.25, 0.3) is 0 Å². The van der Waals surface area contributed by atoms with Crippen molar-refractivity contribution >= 4 is 39.2 Å². The van der Waals surface area contributed by atoms with Gasteiger partial charge in [0.2, 0.25) is 15.9 Å². The number of ether oxygens (including phenoxy) is 2. The molecule has 2 aromatic carbocycles. The minimum atomic E-state index is -3.80. The maximum Gasteiger partial charge on any atom is 0.337 e. The number of sulfonamides is 1. The topological polar surface area (TPSA) is 102 Å². The van der Waals surface area contributed by atoms with E-state index < -0.39 is 21.9 Å². The van der Waals surface area contributed by atoms with E-state index in [2.05, 4.69) is 10.1 Å². The molecule has 0 aliphatic carbocycles. The predicted molar refractivity (Wildman–Crippen MR) is 116 cm³/mol. The molecule has 1 N–H and O–H groups in total. The molecule has 3 rings (SSSR count). The number of benzene rings is 2. The molecule has 1 saturated heterocycles. The molecule has 0 radical (unpaired) electrons. The van der Waals surface area contributed by atoms with Crippen LogP contribution in [0.25, 0.3) is 0 Å². The molecule has 8 nitrogen and oxygen atoms in total. The number of piperidine rings is 1. The highest BCUT2D eigenvalue weighted by atomic mass is 35.5. The van der Waals surface area contributed by atoms with Crippen LogP contribution in [-0.4, -0.2) is 51.9 Å². The molecule has 10 heteroatoms. The largest absolute Gasteiger partial charge is 0.495 e. The van der Waals surface area contributed by atoms with Crippen molar-refractivity contribution < 1.29 is 27.5 Å². The van der Waals surface area contributed by atoms with E-state index >= 15 is 0 Å². The number of halogens is 1. The minimum Gasteiger partial charge on any atom is -0.495 e. The molecule has 0 bridgehead atoms. The lowest BCUT2D eigenvalue weighted by Gasteiger charge is -2.31. The Bertz CT molecular complexity index is 1070. The number of methoxy groups -OCH3 is 2. The summed E-state index contributed by atoms with van der Waals surface area (Å²) in [6.07, 6.45) is 1.13. The lowest BCUT2D eigenvalue weighted by molar-refractivity contribution is -0.120. The quantitative estimate of drug-likeness (QED) is 0.656. The van der Waals surface area contributed by atoms with Gasteiger partial charge < -0.3 is 14.8 Å². The molecular formula is C21H23ClN2O6S. The number of nitrogens with one attached hydrogen (secondary N) is 1. The Morgan fingerprint density at radius 2 is 1.84 bits per heavy atom. The van der Waals surface area contributed by atoms with Crippen molar-refractivity contribution in [1.29, 1.82) is 0 Å². The number of nitrogens with zero attached hydrogens (tertiary/aromatic N) is 1. The predicted octanol–water partition coefficient (Wildman–Crippen LogP) is 3.17. The third-order valence-electron chi connectivity index (χ3n) is 5.09. The van der Waals surface area contributed by atoms with Crippen molar-refractivity contribution in [1.82, 2.24) is 4.31 Å². The zero-order valence-electron chi connectivity index (χ0n) is 17.1. The number of esters is 1. The van der Waals surface area contributed by atoms with Crippen LogP contribution in [0, 0.1) is 5.92 Å². The highest BCUT2D eigenvalue weighted by Crippen LogP contribution is 2.30. The first-order valence-corrected chi connectivity index (χ1v) is 11.4. The zero-order chi connectivity index (χ0) is 22.6. The summed E-state index contributed by atoms with van der Waals surface area (Å²) in [5, 5.41) is 2.98. The van der Waals surface area contributed by atoms with Gasteiger partial charge >= 0.3 is 5.97 Å². The Labute approximate surface area is 186 Å². The molecule has 1 aliphatic rings. The van der Waals surface area contributed by atoms with Gasteiger partial charge in [0.1, 0.15) is 5.75 Å². The van der Waals surface area contributed by atoms with E-state index in [9.17, 15) is 18.0 Å². The van der Waals surface area contributed by atoms with Crippen molar-refractivity contribution in [2.75, 3.05) is 32.6 Å². The molecule has 0 aromatic heterocycles. The zero-order valence-corrected chi connectivity index (χ0v) is 18.7. The van der Waals surface area contributed by atoms with E-state index in [0.717, 1.165) is 0 Å². The maximum atomic E-state index is 13.0. The molecule has 0 unspecified atom stereocenters. The number of rotatable bonds is 6. The number of carbonyl (C=O) groups is 2. The third-order valence-corrected chi connectivity index (χ3v) is 7.25. The SMILES string of the molecule is COC(=O)c1ccc(NC(=O)[C@H]2CCCN(S(=O)(=O)c3ccc(OC)c(Cl)c3)C2)cc1. The van der Waals surface area contributed by atoms with Gasteiger partial charge in [-0.1, -0.05) is 11.6 Å². The van der Waals surface area contributed by atoms with Crippen molar-refractivity contribution in [3.05, 3.63) is 53.1 Å². The van der Waals surface area contributed by atoms with E-state index in [1.54, 1.807) is 24.3 Å². The fourth-order valence-corrected chi connectivity index (χ4v) is 5.26. The molecule has 166 valence electrons. The smallest absolute Gasteiger partial charge is 0.337 e. The second-order valence-corrected chi connectivity index (χ2v) is 9.40. The molecule has 1 fully saturated rings. The Morgan fingerprint density at radius 1 is 1.13 bits per heavy atom. The molecular weight excluding hydrogens is 444 g/mol. The normalized spacial score (nSPS) is 17.1. The summed E-state index contributed by atoms with van der Waals surface area (Å²) in [7, 11) is -1.06. The van der Waals surface area contributed by atoms with Crippen molar-refractivity contribution in [2.24, 2.45) is 5.92 Å². The van der Waals surface area contributed by atoms with Gasteiger partial charge in [0.05, 0.1) is 35.6 Å². The van der Waals surface area contributed by atoms with Crippen molar-refractivity contribution in [3.8, 4) is 5.75 Å². The summed E-state index contributed by atoms with van der Waals surface area (Å²) in [5.41, 5.74) is 0.883. The number of carbonyl (C=O) groups excluding carboxylic acids is 2. The van der Waals surface area contributed by atoms with E-state index in [4.69, 9.17) is 16.3 Å². The Morgan fingerprint density at radius 3 is 2.45 bits per heavy atom. The monoisotopic (exact) mass is 466 g/mol. The molecule has 2 aromatic rings. The van der Waals surface area contributed by atoms with E-state index in [1.165, 1.54) is 36.7 Å². The summed E-state index contributed by atoms with van der Waals surface area (Å²) in [5.74, 6) is -0.865. The van der Waals surface area contributed by atoms with Crippen LogP contribution < -0.4 is 10.1 Å². The summed E-state index contributed by atoms with van der Waals surface area (Å²) in [4.78, 5) is 24.3. The lowest BCUT2D eigenvalue weighted by atomic mass is 9.98. The number of anilines is 1. The number of hydrogen-bond acceptors (Lipinski definition) is 6. The minimum absolute atomic E-state index is 0.0535. The summed E-state index contributed by atoms with van der Waals surface area (Å²) < 4.78 is 37.1. The average Bonchev–Trinajstić information content (AvgIpc) is 2.79. The number of amides is 1. The molecule has 0 spiro atoms. The van der Waals surface area contributed by atoms with Crippen LogP contribution in [0.15, 0.2) is 47.4 Å². The van der Waals surface area contributed by atoms with Crippen molar-refractivity contribution in [3.63, 3.8) is 0 Å². The molecule has 1 aliphatic heterocycles. The van der Waals surface area contributed by atoms with Crippen LogP contribution in [0.5, 0.6) is 5.75 Å². The summed E-state index contributed by atoms with van der Waals surface area (Å²) >= 11 is 6.08. The van der Waals surface area contributed by atoms with Crippen LogP contribution in [0.3, 0.4) is 0 Å². The second-order valence-electron chi connectivity index (χ2n) is 7.06. The Balaban J connectivity index is 1.70. The first kappa shape index (κ1) is 23.1. The molecule has 1 atom stereocenters. The van der Waals surface area contributed by atoms with Gasteiger partial charge in [0, 0.05) is 18.8 Å². The first-order valence-electron chi connectivity index (χ1n) is 9.59. The average molecular weight is 467 g/mol. The third kappa shape index (κ3) is 5.17. The maximum absolute atomic E-state index is 13.0. The Hall–Kier alpha value is -2.62. The highest BCUT2D eigenvalue weighted by molar-refractivity contribution is 7.89. The molecule has 31 heavy (non-hydrogen) atoms. The highest BCUT2D eigenvalue weighted by Gasteiger charge is 2.33. The molecule has 1 amide bonds. The number of hydrogen-bond donors (Lipinski definition) is 1. The van der Waals surface area contributed by atoms with E-state index in [-0.39, 0.29) is 22.4 Å². The van der Waals surface area contributed by atoms with Gasteiger partial charge in [-0.2, -0.15) is 4.31 Å².